The first-order valence-corrected chi connectivity index (χ1v) is 7.23. The maximum absolute atomic E-state index is 12.2. The first-order chi connectivity index (χ1) is 11.0. The maximum atomic E-state index is 12.2. The van der Waals surface area contributed by atoms with Crippen LogP contribution in [0.3, 0.4) is 0 Å². The number of hydrogen-bond donors (Lipinski definition) is 2. The summed E-state index contributed by atoms with van der Waals surface area (Å²) in [5.41, 5.74) is 2.12. The number of aliphatic carboxylic acids is 1. The molecule has 2 aromatic rings. The number of rotatable bonds is 6. The van der Waals surface area contributed by atoms with Gasteiger partial charge in [0.15, 0.2) is 0 Å². The maximum Gasteiger partial charge on any atom is 0.311 e. The van der Waals surface area contributed by atoms with Gasteiger partial charge in [-0.25, -0.2) is 0 Å². The monoisotopic (exact) mass is 313 g/mol. The zero-order valence-corrected chi connectivity index (χ0v) is 13.1. The molecule has 0 aliphatic rings. The fourth-order valence-electron chi connectivity index (χ4n) is 2.39. The van der Waals surface area contributed by atoms with Gasteiger partial charge in [-0.1, -0.05) is 30.3 Å². The van der Waals surface area contributed by atoms with Crippen LogP contribution in [0.5, 0.6) is 5.75 Å². The van der Waals surface area contributed by atoms with Crippen LogP contribution < -0.4 is 10.1 Å². The van der Waals surface area contributed by atoms with Crippen molar-refractivity contribution in [3.05, 3.63) is 59.7 Å². The minimum Gasteiger partial charge on any atom is -0.496 e. The van der Waals surface area contributed by atoms with Crippen molar-refractivity contribution in [3.8, 4) is 5.75 Å². The topological polar surface area (TPSA) is 75.6 Å². The Bertz CT molecular complexity index is 697. The normalized spacial score (nSPS) is 11.6. The van der Waals surface area contributed by atoms with Crippen LogP contribution in [0.2, 0.25) is 0 Å². The van der Waals surface area contributed by atoms with Crippen molar-refractivity contribution >= 4 is 17.6 Å². The van der Waals surface area contributed by atoms with Gasteiger partial charge in [0.25, 0.3) is 0 Å². The SMILES string of the molecule is COc1ccc(NC(=O)CC(C(=O)O)c2ccccc2)cc1C. The number of carbonyl (C=O) groups is 2. The summed E-state index contributed by atoms with van der Waals surface area (Å²) in [5.74, 6) is -1.49. The molecule has 0 radical (unpaired) electrons. The lowest BCUT2D eigenvalue weighted by Crippen LogP contribution is -2.20. The Kier molecular flexibility index (Phi) is 5.36. The summed E-state index contributed by atoms with van der Waals surface area (Å²) in [5, 5.41) is 12.1. The molecule has 1 unspecified atom stereocenters. The van der Waals surface area contributed by atoms with Crippen LogP contribution in [0, 0.1) is 6.92 Å². The zero-order chi connectivity index (χ0) is 16.8. The van der Waals surface area contributed by atoms with Crippen molar-refractivity contribution in [1.29, 1.82) is 0 Å². The number of hydrogen-bond acceptors (Lipinski definition) is 3. The van der Waals surface area contributed by atoms with Gasteiger partial charge in [-0.2, -0.15) is 0 Å². The first kappa shape index (κ1) is 16.5. The molecule has 5 nitrogen and oxygen atoms in total. The van der Waals surface area contributed by atoms with E-state index in [9.17, 15) is 14.7 Å². The molecular weight excluding hydrogens is 294 g/mol. The van der Waals surface area contributed by atoms with Crippen molar-refractivity contribution in [2.45, 2.75) is 19.3 Å². The fraction of sp³-hybridized carbons (Fsp3) is 0.222. The third-order valence-corrected chi connectivity index (χ3v) is 3.57. The Hall–Kier alpha value is -2.82. The molecule has 0 bridgehead atoms. The summed E-state index contributed by atoms with van der Waals surface area (Å²) in [6.45, 7) is 1.87. The lowest BCUT2D eigenvalue weighted by atomic mass is 9.95. The Morgan fingerprint density at radius 1 is 1.17 bits per heavy atom. The zero-order valence-electron chi connectivity index (χ0n) is 13.1. The summed E-state index contributed by atoms with van der Waals surface area (Å²) >= 11 is 0. The molecule has 23 heavy (non-hydrogen) atoms. The van der Waals surface area contributed by atoms with Gasteiger partial charge in [-0.15, -0.1) is 0 Å². The summed E-state index contributed by atoms with van der Waals surface area (Å²) in [6, 6.07) is 14.0. The van der Waals surface area contributed by atoms with Crippen molar-refractivity contribution in [1.82, 2.24) is 0 Å². The average molecular weight is 313 g/mol. The molecule has 0 saturated carbocycles. The number of carboxylic acids is 1. The smallest absolute Gasteiger partial charge is 0.311 e. The second-order valence-electron chi connectivity index (χ2n) is 5.24. The first-order valence-electron chi connectivity index (χ1n) is 7.23. The van der Waals surface area contributed by atoms with Crippen LogP contribution in [0.25, 0.3) is 0 Å². The number of benzene rings is 2. The molecule has 0 fully saturated rings. The number of carboxylic acid groups (broad SMARTS) is 1. The van der Waals surface area contributed by atoms with E-state index in [2.05, 4.69) is 5.32 Å². The van der Waals surface area contributed by atoms with Crippen LogP contribution in [0.1, 0.15) is 23.5 Å². The van der Waals surface area contributed by atoms with E-state index in [1.54, 1.807) is 49.6 Å². The highest BCUT2D eigenvalue weighted by Gasteiger charge is 2.23. The molecular formula is C18H19NO4. The number of ether oxygens (including phenoxy) is 1. The summed E-state index contributed by atoms with van der Waals surface area (Å²) in [6.07, 6.45) is -0.121. The lowest BCUT2D eigenvalue weighted by Gasteiger charge is -2.13. The molecule has 0 saturated heterocycles. The van der Waals surface area contributed by atoms with Crippen molar-refractivity contribution in [2.24, 2.45) is 0 Å². The molecule has 0 aliphatic heterocycles. The minimum absolute atomic E-state index is 0.121. The van der Waals surface area contributed by atoms with Gasteiger partial charge in [0.05, 0.1) is 13.0 Å². The minimum atomic E-state index is -1.02. The van der Waals surface area contributed by atoms with E-state index in [1.165, 1.54) is 0 Å². The molecule has 5 heteroatoms. The molecule has 2 aromatic carbocycles. The standard InChI is InChI=1S/C18H19NO4/c1-12-10-14(8-9-16(12)23-2)19-17(20)11-15(18(21)22)13-6-4-3-5-7-13/h3-10,15H,11H2,1-2H3,(H,19,20)(H,21,22). The highest BCUT2D eigenvalue weighted by molar-refractivity contribution is 5.94. The highest BCUT2D eigenvalue weighted by Crippen LogP contribution is 2.23. The average Bonchev–Trinajstić information content (AvgIpc) is 2.53. The number of amides is 1. The van der Waals surface area contributed by atoms with Crippen LogP contribution in [-0.4, -0.2) is 24.1 Å². The molecule has 2 N–H and O–H groups in total. The Labute approximate surface area is 134 Å². The van der Waals surface area contributed by atoms with Gasteiger partial charge in [0, 0.05) is 12.1 Å². The quantitative estimate of drug-likeness (QED) is 0.858. The fourth-order valence-corrected chi connectivity index (χ4v) is 2.39. The molecule has 1 amide bonds. The molecule has 1 atom stereocenters. The number of aryl methyl sites for hydroxylation is 1. The van der Waals surface area contributed by atoms with E-state index in [-0.39, 0.29) is 12.3 Å². The Morgan fingerprint density at radius 2 is 1.87 bits per heavy atom. The number of methoxy groups -OCH3 is 1. The predicted octanol–water partition coefficient (Wildman–Crippen LogP) is 3.20. The predicted molar refractivity (Wildman–Crippen MR) is 87.8 cm³/mol. The van der Waals surface area contributed by atoms with Crippen LogP contribution in [-0.2, 0) is 9.59 Å². The number of carbonyl (C=O) groups excluding carboxylic acids is 1. The highest BCUT2D eigenvalue weighted by atomic mass is 16.5. The van der Waals surface area contributed by atoms with E-state index in [1.807, 2.05) is 13.0 Å². The van der Waals surface area contributed by atoms with E-state index in [0.29, 0.717) is 11.3 Å². The largest absolute Gasteiger partial charge is 0.496 e. The molecule has 0 heterocycles. The van der Waals surface area contributed by atoms with Gasteiger partial charge in [0.1, 0.15) is 5.75 Å². The van der Waals surface area contributed by atoms with E-state index in [4.69, 9.17) is 4.74 Å². The molecule has 0 aromatic heterocycles. The number of anilines is 1. The molecule has 0 aliphatic carbocycles. The summed E-state index contributed by atoms with van der Waals surface area (Å²) in [7, 11) is 1.58. The third kappa shape index (κ3) is 4.32. The molecule has 120 valence electrons. The summed E-state index contributed by atoms with van der Waals surface area (Å²) in [4.78, 5) is 23.6. The number of nitrogens with one attached hydrogen (secondary N) is 1. The van der Waals surface area contributed by atoms with E-state index < -0.39 is 11.9 Å². The van der Waals surface area contributed by atoms with E-state index >= 15 is 0 Å². The molecule has 0 spiro atoms. The van der Waals surface area contributed by atoms with Gasteiger partial charge in [0.2, 0.25) is 5.91 Å². The third-order valence-electron chi connectivity index (χ3n) is 3.57. The second kappa shape index (κ2) is 7.45. The van der Waals surface area contributed by atoms with Crippen LogP contribution in [0.15, 0.2) is 48.5 Å². The second-order valence-corrected chi connectivity index (χ2v) is 5.24. The van der Waals surface area contributed by atoms with Crippen molar-refractivity contribution in [2.75, 3.05) is 12.4 Å². The van der Waals surface area contributed by atoms with Gasteiger partial charge in [-0.05, 0) is 36.2 Å². The molecule has 2 rings (SSSR count). The van der Waals surface area contributed by atoms with Gasteiger partial charge >= 0.3 is 5.97 Å². The Morgan fingerprint density at radius 3 is 2.43 bits per heavy atom. The summed E-state index contributed by atoms with van der Waals surface area (Å²) < 4.78 is 5.17. The lowest BCUT2D eigenvalue weighted by molar-refractivity contribution is -0.140. The van der Waals surface area contributed by atoms with Crippen LogP contribution in [0.4, 0.5) is 5.69 Å². The van der Waals surface area contributed by atoms with Crippen LogP contribution >= 0.6 is 0 Å². The van der Waals surface area contributed by atoms with Gasteiger partial charge < -0.3 is 15.2 Å². The van der Waals surface area contributed by atoms with Crippen molar-refractivity contribution in [3.63, 3.8) is 0 Å². The van der Waals surface area contributed by atoms with Crippen molar-refractivity contribution < 1.29 is 19.4 Å². The van der Waals surface area contributed by atoms with Gasteiger partial charge in [-0.3, -0.25) is 9.59 Å². The Balaban J connectivity index is 2.08. The van der Waals surface area contributed by atoms with E-state index in [0.717, 1.165) is 11.3 Å².